The van der Waals surface area contributed by atoms with Crippen molar-refractivity contribution >= 4 is 23.4 Å². The average molecular weight is 275 g/mol. The van der Waals surface area contributed by atoms with Crippen LogP contribution in [0.5, 0.6) is 0 Å². The number of benzene rings is 1. The Balaban J connectivity index is 1.98. The van der Waals surface area contributed by atoms with Crippen LogP contribution in [0.1, 0.15) is 18.4 Å². The van der Waals surface area contributed by atoms with Crippen LogP contribution >= 0.6 is 0 Å². The summed E-state index contributed by atoms with van der Waals surface area (Å²) in [6, 6.07) is 6.56. The summed E-state index contributed by atoms with van der Waals surface area (Å²) in [5.41, 5.74) is 7.31. The molecule has 3 amide bonds. The molecule has 3 N–H and O–H groups in total. The molecule has 1 unspecified atom stereocenters. The van der Waals surface area contributed by atoms with Gasteiger partial charge >= 0.3 is 0 Å². The molecule has 1 aromatic rings. The third kappa shape index (κ3) is 3.21. The highest BCUT2D eigenvalue weighted by Crippen LogP contribution is 2.12. The van der Waals surface area contributed by atoms with E-state index in [0.717, 1.165) is 10.5 Å². The number of likely N-dealkylation sites (tertiary alicyclic amines) is 1. The van der Waals surface area contributed by atoms with Crippen molar-refractivity contribution in [3.05, 3.63) is 29.8 Å². The molecule has 1 fully saturated rings. The number of anilines is 1. The molecule has 1 aromatic carbocycles. The maximum absolute atomic E-state index is 11.9. The lowest BCUT2D eigenvalue weighted by molar-refractivity contribution is -0.151. The highest BCUT2D eigenvalue weighted by molar-refractivity contribution is 6.05. The summed E-state index contributed by atoms with van der Waals surface area (Å²) in [7, 11) is 0. The zero-order valence-electron chi connectivity index (χ0n) is 11.3. The van der Waals surface area contributed by atoms with Gasteiger partial charge in [-0.25, -0.2) is 0 Å². The van der Waals surface area contributed by atoms with Crippen LogP contribution in [0.4, 0.5) is 5.69 Å². The molecule has 0 spiro atoms. The number of imide groups is 1. The number of hydrogen-bond acceptors (Lipinski definition) is 4. The second kappa shape index (κ2) is 5.83. The number of rotatable bonds is 3. The minimum absolute atomic E-state index is 0.199. The lowest BCUT2D eigenvalue weighted by Crippen LogP contribution is -2.53. The largest absolute Gasteiger partial charge is 0.325 e. The summed E-state index contributed by atoms with van der Waals surface area (Å²) in [5.74, 6) is -1.25. The molecule has 0 saturated carbocycles. The molecular formula is C14H17N3O3. The number of amides is 3. The maximum Gasteiger partial charge on any atom is 0.246 e. The molecular weight excluding hydrogens is 258 g/mol. The highest BCUT2D eigenvalue weighted by Gasteiger charge is 2.33. The quantitative estimate of drug-likeness (QED) is 0.781. The smallest absolute Gasteiger partial charge is 0.246 e. The fourth-order valence-corrected chi connectivity index (χ4v) is 2.01. The molecule has 1 saturated heterocycles. The Kier molecular flexibility index (Phi) is 4.14. The van der Waals surface area contributed by atoms with Crippen LogP contribution in [0.25, 0.3) is 0 Å². The molecule has 2 rings (SSSR count). The van der Waals surface area contributed by atoms with Crippen LogP contribution in [0.15, 0.2) is 24.3 Å². The predicted octanol–water partition coefficient (Wildman–Crippen LogP) is 0.410. The van der Waals surface area contributed by atoms with Crippen molar-refractivity contribution in [1.29, 1.82) is 0 Å². The van der Waals surface area contributed by atoms with Crippen molar-refractivity contribution in [2.45, 2.75) is 25.8 Å². The summed E-state index contributed by atoms with van der Waals surface area (Å²) >= 11 is 0. The van der Waals surface area contributed by atoms with Crippen LogP contribution in [-0.4, -0.2) is 35.2 Å². The zero-order chi connectivity index (χ0) is 14.7. The topological polar surface area (TPSA) is 92.5 Å². The molecule has 6 heteroatoms. The van der Waals surface area contributed by atoms with Gasteiger partial charge in [-0.2, -0.15) is 0 Å². The Morgan fingerprint density at radius 1 is 1.35 bits per heavy atom. The first-order chi connectivity index (χ1) is 9.47. The summed E-state index contributed by atoms with van der Waals surface area (Å²) in [5, 5.41) is 2.65. The summed E-state index contributed by atoms with van der Waals surface area (Å²) in [6.45, 7) is 1.65. The first-order valence-corrected chi connectivity index (χ1v) is 6.43. The number of nitrogens with two attached hydrogens (primary N) is 1. The maximum atomic E-state index is 11.9. The van der Waals surface area contributed by atoms with Gasteiger partial charge in [0.15, 0.2) is 0 Å². The van der Waals surface area contributed by atoms with Crippen LogP contribution in [0, 0.1) is 6.92 Å². The van der Waals surface area contributed by atoms with Crippen LogP contribution in [0.3, 0.4) is 0 Å². The second-order valence-electron chi connectivity index (χ2n) is 4.88. The molecule has 20 heavy (non-hydrogen) atoms. The van der Waals surface area contributed by atoms with E-state index in [2.05, 4.69) is 5.32 Å². The van der Waals surface area contributed by atoms with E-state index in [1.807, 2.05) is 19.1 Å². The minimum Gasteiger partial charge on any atom is -0.325 e. The van der Waals surface area contributed by atoms with E-state index >= 15 is 0 Å². The van der Waals surface area contributed by atoms with E-state index < -0.39 is 17.9 Å². The fourth-order valence-electron chi connectivity index (χ4n) is 2.01. The number of carbonyl (C=O) groups excluding carboxylic acids is 3. The Morgan fingerprint density at radius 3 is 2.65 bits per heavy atom. The highest BCUT2D eigenvalue weighted by atomic mass is 16.2. The number of nitrogens with zero attached hydrogens (tertiary/aromatic N) is 1. The number of carbonyl (C=O) groups is 3. The van der Waals surface area contributed by atoms with E-state index in [9.17, 15) is 14.4 Å². The molecule has 106 valence electrons. The van der Waals surface area contributed by atoms with E-state index in [4.69, 9.17) is 5.73 Å². The van der Waals surface area contributed by atoms with Gasteiger partial charge in [-0.05, 0) is 25.5 Å². The van der Waals surface area contributed by atoms with Gasteiger partial charge in [0.25, 0.3) is 0 Å². The molecule has 0 aromatic heterocycles. The molecule has 0 radical (unpaired) electrons. The van der Waals surface area contributed by atoms with Crippen molar-refractivity contribution < 1.29 is 14.4 Å². The number of nitrogens with one attached hydrogen (secondary N) is 1. The zero-order valence-corrected chi connectivity index (χ0v) is 11.3. The van der Waals surface area contributed by atoms with Gasteiger partial charge in [0.2, 0.25) is 17.7 Å². The predicted molar refractivity (Wildman–Crippen MR) is 73.7 cm³/mol. The average Bonchev–Trinajstić information content (AvgIpc) is 2.42. The molecule has 1 atom stereocenters. The number of aryl methyl sites for hydroxylation is 1. The lowest BCUT2D eigenvalue weighted by Gasteiger charge is -2.28. The van der Waals surface area contributed by atoms with Gasteiger partial charge in [-0.15, -0.1) is 0 Å². The molecule has 0 bridgehead atoms. The van der Waals surface area contributed by atoms with Crippen molar-refractivity contribution in [2.24, 2.45) is 5.73 Å². The number of piperidine rings is 1. The Labute approximate surface area is 116 Å². The van der Waals surface area contributed by atoms with Gasteiger partial charge in [-0.1, -0.05) is 17.7 Å². The van der Waals surface area contributed by atoms with E-state index in [1.165, 1.54) is 0 Å². The van der Waals surface area contributed by atoms with E-state index in [0.29, 0.717) is 12.1 Å². The minimum atomic E-state index is -0.695. The first kappa shape index (κ1) is 14.2. The van der Waals surface area contributed by atoms with Crippen molar-refractivity contribution in [1.82, 2.24) is 4.90 Å². The van der Waals surface area contributed by atoms with Crippen molar-refractivity contribution in [3.8, 4) is 0 Å². The summed E-state index contributed by atoms with van der Waals surface area (Å²) < 4.78 is 0. The SMILES string of the molecule is Cc1ccc(NC(=O)CN2C(=O)CCC(N)C2=O)cc1. The normalized spacial score (nSPS) is 19.1. The molecule has 1 aliphatic rings. The molecule has 1 aliphatic heterocycles. The lowest BCUT2D eigenvalue weighted by atomic mass is 10.1. The molecule has 0 aliphatic carbocycles. The summed E-state index contributed by atoms with van der Waals surface area (Å²) in [4.78, 5) is 36.2. The van der Waals surface area contributed by atoms with Crippen molar-refractivity contribution in [2.75, 3.05) is 11.9 Å². The van der Waals surface area contributed by atoms with Gasteiger partial charge in [-0.3, -0.25) is 19.3 Å². The Morgan fingerprint density at radius 2 is 2.00 bits per heavy atom. The second-order valence-corrected chi connectivity index (χ2v) is 4.88. The Bertz CT molecular complexity index is 539. The first-order valence-electron chi connectivity index (χ1n) is 6.43. The fraction of sp³-hybridized carbons (Fsp3) is 0.357. The van der Waals surface area contributed by atoms with Gasteiger partial charge < -0.3 is 11.1 Å². The van der Waals surface area contributed by atoms with Gasteiger partial charge in [0.05, 0.1) is 6.04 Å². The third-order valence-electron chi connectivity index (χ3n) is 3.19. The monoisotopic (exact) mass is 275 g/mol. The van der Waals surface area contributed by atoms with E-state index in [-0.39, 0.29) is 18.9 Å². The van der Waals surface area contributed by atoms with Crippen LogP contribution in [-0.2, 0) is 14.4 Å². The standard InChI is InChI=1S/C14H17N3O3/c1-9-2-4-10(5-3-9)16-12(18)8-17-13(19)7-6-11(15)14(17)20/h2-5,11H,6-8,15H2,1H3,(H,16,18). The molecule has 6 nitrogen and oxygen atoms in total. The van der Waals surface area contributed by atoms with E-state index in [1.54, 1.807) is 12.1 Å². The Hall–Kier alpha value is -2.21. The van der Waals surface area contributed by atoms with Gasteiger partial charge in [0, 0.05) is 12.1 Å². The number of hydrogen-bond donors (Lipinski definition) is 2. The summed E-state index contributed by atoms with van der Waals surface area (Å²) in [6.07, 6.45) is 0.540. The van der Waals surface area contributed by atoms with Crippen LogP contribution < -0.4 is 11.1 Å². The van der Waals surface area contributed by atoms with Gasteiger partial charge in [0.1, 0.15) is 6.54 Å². The molecule has 1 heterocycles. The third-order valence-corrected chi connectivity index (χ3v) is 3.19. The van der Waals surface area contributed by atoms with Crippen molar-refractivity contribution in [3.63, 3.8) is 0 Å². The van der Waals surface area contributed by atoms with Crippen LogP contribution in [0.2, 0.25) is 0 Å².